The standard InChI is InChI=1S/C10H8Br2O2.C10H6Cl2O2/c11-8-3-6-1-2-10(12,14)5-7(6)4-9(8)13;11-7-3-1-5-6(10(7)14)2-4-8(12)9(5)13/h1-4,13-14H,5H2;1-4,13-14H. The third-order valence-electron chi connectivity index (χ3n) is 4.21. The van der Waals surface area contributed by atoms with Crippen LogP contribution in [0.15, 0.2) is 46.9 Å². The maximum absolute atomic E-state index is 9.72. The quantitative estimate of drug-likeness (QED) is 0.246. The minimum atomic E-state index is -0.986. The molecule has 0 spiro atoms. The topological polar surface area (TPSA) is 80.9 Å². The van der Waals surface area contributed by atoms with Gasteiger partial charge < -0.3 is 20.4 Å². The Kier molecular flexibility index (Phi) is 6.17. The summed E-state index contributed by atoms with van der Waals surface area (Å²) in [6.45, 7) is 0. The Bertz CT molecular complexity index is 1050. The number of phenolic OH excluding ortho intramolecular Hbond substituents is 3. The number of alkyl halides is 1. The van der Waals surface area contributed by atoms with Gasteiger partial charge >= 0.3 is 0 Å². The molecule has 0 aliphatic heterocycles. The molecule has 0 heterocycles. The summed E-state index contributed by atoms with van der Waals surface area (Å²) in [5.41, 5.74) is 1.94. The average Bonchev–Trinajstić information content (AvgIpc) is 2.63. The number of fused-ring (bicyclic) bond motifs is 2. The summed E-state index contributed by atoms with van der Waals surface area (Å²) in [5, 5.41) is 39.8. The van der Waals surface area contributed by atoms with Gasteiger partial charge in [-0.15, -0.1) is 0 Å². The second-order valence-electron chi connectivity index (χ2n) is 6.22. The highest BCUT2D eigenvalue weighted by Gasteiger charge is 2.25. The molecule has 4 N–H and O–H groups in total. The minimum absolute atomic E-state index is 0.0452. The van der Waals surface area contributed by atoms with Gasteiger partial charge in [0.15, 0.2) is 0 Å². The van der Waals surface area contributed by atoms with Gasteiger partial charge in [-0.25, -0.2) is 0 Å². The molecule has 28 heavy (non-hydrogen) atoms. The van der Waals surface area contributed by atoms with Crippen molar-refractivity contribution in [2.24, 2.45) is 0 Å². The van der Waals surface area contributed by atoms with E-state index in [0.717, 1.165) is 11.1 Å². The molecule has 146 valence electrons. The number of hydrogen-bond donors (Lipinski definition) is 4. The lowest BCUT2D eigenvalue weighted by Crippen LogP contribution is -2.22. The van der Waals surface area contributed by atoms with Crippen molar-refractivity contribution < 1.29 is 20.4 Å². The third kappa shape index (κ3) is 4.42. The average molecular weight is 549 g/mol. The SMILES string of the molecule is Oc1c(Cl)ccc2c(O)c(Cl)ccc12.Oc1cc2c(cc1Br)C=CC(O)(Br)C2. The molecule has 1 unspecified atom stereocenters. The number of rotatable bonds is 0. The van der Waals surface area contributed by atoms with Crippen molar-refractivity contribution in [1.82, 2.24) is 0 Å². The van der Waals surface area contributed by atoms with Gasteiger partial charge in [-0.3, -0.25) is 0 Å². The summed E-state index contributed by atoms with van der Waals surface area (Å²) in [7, 11) is 0. The van der Waals surface area contributed by atoms with E-state index in [1.54, 1.807) is 24.3 Å². The number of phenols is 3. The van der Waals surface area contributed by atoms with Crippen LogP contribution in [-0.4, -0.2) is 24.9 Å². The van der Waals surface area contributed by atoms with Crippen LogP contribution in [0.4, 0.5) is 0 Å². The number of halogens is 4. The van der Waals surface area contributed by atoms with E-state index in [4.69, 9.17) is 23.2 Å². The van der Waals surface area contributed by atoms with E-state index in [9.17, 15) is 20.4 Å². The lowest BCUT2D eigenvalue weighted by Gasteiger charge is -2.23. The summed E-state index contributed by atoms with van der Waals surface area (Å²) in [6, 6.07) is 9.74. The molecule has 0 saturated heterocycles. The van der Waals surface area contributed by atoms with Crippen LogP contribution < -0.4 is 0 Å². The molecular formula is C20H14Br2Cl2O4. The second kappa shape index (κ2) is 8.13. The lowest BCUT2D eigenvalue weighted by molar-refractivity contribution is 0.195. The first-order chi connectivity index (χ1) is 13.1. The van der Waals surface area contributed by atoms with Gasteiger partial charge in [0.2, 0.25) is 0 Å². The van der Waals surface area contributed by atoms with Gasteiger partial charge in [0.05, 0.1) is 14.5 Å². The Balaban J connectivity index is 0.000000161. The molecule has 4 nitrogen and oxygen atoms in total. The smallest absolute Gasteiger partial charge is 0.142 e. The number of aliphatic hydroxyl groups is 1. The Labute approximate surface area is 187 Å². The molecule has 0 radical (unpaired) electrons. The van der Waals surface area contributed by atoms with Crippen LogP contribution in [0.3, 0.4) is 0 Å². The fourth-order valence-corrected chi connectivity index (χ4v) is 3.92. The molecule has 0 bridgehead atoms. The Morgan fingerprint density at radius 1 is 0.893 bits per heavy atom. The van der Waals surface area contributed by atoms with E-state index >= 15 is 0 Å². The first-order valence-electron chi connectivity index (χ1n) is 7.99. The summed E-state index contributed by atoms with van der Waals surface area (Å²) in [4.78, 5) is 0. The molecule has 1 aliphatic rings. The molecule has 0 aromatic heterocycles. The van der Waals surface area contributed by atoms with Gasteiger partial charge in [0, 0.05) is 17.2 Å². The van der Waals surface area contributed by atoms with E-state index < -0.39 is 4.51 Å². The van der Waals surface area contributed by atoms with Gasteiger partial charge in [-0.2, -0.15) is 0 Å². The van der Waals surface area contributed by atoms with Gasteiger partial charge in [-0.05, 0) is 85.5 Å². The first-order valence-corrected chi connectivity index (χ1v) is 10.3. The summed E-state index contributed by atoms with van der Waals surface area (Å²) in [5.74, 6) is 0.106. The van der Waals surface area contributed by atoms with Crippen molar-refractivity contribution >= 4 is 71.9 Å². The van der Waals surface area contributed by atoms with Crippen LogP contribution in [0.1, 0.15) is 11.1 Å². The molecule has 0 fully saturated rings. The van der Waals surface area contributed by atoms with Crippen LogP contribution >= 0.6 is 55.1 Å². The van der Waals surface area contributed by atoms with Gasteiger partial charge in [0.1, 0.15) is 21.8 Å². The van der Waals surface area contributed by atoms with Crippen molar-refractivity contribution in [2.45, 2.75) is 10.9 Å². The second-order valence-corrected chi connectivity index (χ2v) is 9.26. The molecule has 4 rings (SSSR count). The minimum Gasteiger partial charge on any atom is -0.507 e. The maximum atomic E-state index is 9.72. The van der Waals surface area contributed by atoms with E-state index in [2.05, 4.69) is 31.9 Å². The molecule has 0 saturated carbocycles. The largest absolute Gasteiger partial charge is 0.507 e. The number of hydrogen-bond acceptors (Lipinski definition) is 4. The monoisotopic (exact) mass is 546 g/mol. The summed E-state index contributed by atoms with van der Waals surface area (Å²) < 4.78 is -0.318. The van der Waals surface area contributed by atoms with Gasteiger partial charge in [-0.1, -0.05) is 29.3 Å². The van der Waals surface area contributed by atoms with Crippen LogP contribution in [0.5, 0.6) is 17.2 Å². The van der Waals surface area contributed by atoms with E-state index in [1.807, 2.05) is 12.1 Å². The Morgan fingerprint density at radius 3 is 1.96 bits per heavy atom. The predicted molar refractivity (Wildman–Crippen MR) is 120 cm³/mol. The molecule has 3 aromatic rings. The van der Waals surface area contributed by atoms with Crippen LogP contribution in [0, 0.1) is 0 Å². The number of benzene rings is 3. The lowest BCUT2D eigenvalue weighted by atomic mass is 9.95. The van der Waals surface area contributed by atoms with Crippen LogP contribution in [0.2, 0.25) is 10.0 Å². The third-order valence-corrected chi connectivity index (χ3v) is 6.00. The maximum Gasteiger partial charge on any atom is 0.142 e. The highest BCUT2D eigenvalue weighted by Crippen LogP contribution is 2.39. The number of aromatic hydroxyl groups is 3. The predicted octanol–water partition coefficient (Wildman–Crippen LogP) is 6.37. The summed E-state index contributed by atoms with van der Waals surface area (Å²) >= 11 is 17.9. The van der Waals surface area contributed by atoms with Crippen molar-refractivity contribution in [3.63, 3.8) is 0 Å². The van der Waals surface area contributed by atoms with Crippen molar-refractivity contribution in [1.29, 1.82) is 0 Å². The summed E-state index contributed by atoms with van der Waals surface area (Å²) in [6.07, 6.45) is 3.98. The highest BCUT2D eigenvalue weighted by atomic mass is 79.9. The molecule has 1 aliphatic carbocycles. The van der Waals surface area contributed by atoms with Crippen LogP contribution in [-0.2, 0) is 6.42 Å². The Hall–Kier alpha value is -1.44. The highest BCUT2D eigenvalue weighted by molar-refractivity contribution is 9.10. The van der Waals surface area contributed by atoms with Crippen LogP contribution in [0.25, 0.3) is 16.8 Å². The molecule has 3 aromatic carbocycles. The normalized spacial score (nSPS) is 17.8. The fourth-order valence-electron chi connectivity index (χ4n) is 2.79. The van der Waals surface area contributed by atoms with Crippen molar-refractivity contribution in [3.8, 4) is 17.2 Å². The molecular weight excluding hydrogens is 535 g/mol. The molecule has 1 atom stereocenters. The zero-order valence-electron chi connectivity index (χ0n) is 14.1. The molecule has 0 amide bonds. The van der Waals surface area contributed by atoms with Gasteiger partial charge in [0.25, 0.3) is 0 Å². The van der Waals surface area contributed by atoms with Crippen molar-refractivity contribution in [2.75, 3.05) is 0 Å². The van der Waals surface area contributed by atoms with E-state index in [-0.39, 0.29) is 27.3 Å². The first kappa shape index (κ1) is 21.3. The van der Waals surface area contributed by atoms with E-state index in [1.165, 1.54) is 12.1 Å². The van der Waals surface area contributed by atoms with Crippen molar-refractivity contribution in [3.05, 3.63) is 68.1 Å². The zero-order valence-corrected chi connectivity index (χ0v) is 18.8. The van der Waals surface area contributed by atoms with E-state index in [0.29, 0.717) is 21.7 Å². The zero-order chi connectivity index (χ0) is 20.6. The Morgan fingerprint density at radius 2 is 1.43 bits per heavy atom. The molecule has 8 heteroatoms. The fraction of sp³-hybridized carbons (Fsp3) is 0.100.